The van der Waals surface area contributed by atoms with Gasteiger partial charge in [0.05, 0.1) is 14.2 Å². The highest BCUT2D eigenvalue weighted by Gasteiger charge is 2.13. The van der Waals surface area contributed by atoms with Gasteiger partial charge in [-0.3, -0.25) is 4.79 Å². The number of carbonyl (C=O) groups excluding carboxylic acids is 1. The summed E-state index contributed by atoms with van der Waals surface area (Å²) < 4.78 is 10.4. The number of methoxy groups -OCH3 is 2. The molecular formula is C18H17NO3. The third-order valence-corrected chi connectivity index (χ3v) is 3.71. The maximum atomic E-state index is 12.6. The SMILES string of the molecule is COc1ccc(CC(=O)c2c[nH]c3ccc(OC)cc23)cc1. The first-order valence-electron chi connectivity index (χ1n) is 7.02. The molecule has 112 valence electrons. The minimum atomic E-state index is 0.0738. The number of rotatable bonds is 5. The maximum absolute atomic E-state index is 12.6. The number of ether oxygens (including phenoxy) is 2. The van der Waals surface area contributed by atoms with Gasteiger partial charge in [0.15, 0.2) is 5.78 Å². The molecule has 0 saturated heterocycles. The van der Waals surface area contributed by atoms with Crippen molar-refractivity contribution in [2.24, 2.45) is 0 Å². The maximum Gasteiger partial charge on any atom is 0.169 e. The van der Waals surface area contributed by atoms with Crippen molar-refractivity contribution in [2.75, 3.05) is 14.2 Å². The second kappa shape index (κ2) is 5.93. The fourth-order valence-corrected chi connectivity index (χ4v) is 2.48. The molecule has 0 aliphatic rings. The van der Waals surface area contributed by atoms with Gasteiger partial charge in [0, 0.05) is 29.1 Å². The molecule has 4 nitrogen and oxygen atoms in total. The Morgan fingerprint density at radius 2 is 1.68 bits per heavy atom. The van der Waals surface area contributed by atoms with Crippen LogP contribution < -0.4 is 9.47 Å². The van der Waals surface area contributed by atoms with Crippen LogP contribution in [-0.2, 0) is 6.42 Å². The highest BCUT2D eigenvalue weighted by molar-refractivity contribution is 6.08. The van der Waals surface area contributed by atoms with E-state index in [-0.39, 0.29) is 5.78 Å². The summed E-state index contributed by atoms with van der Waals surface area (Å²) >= 11 is 0. The number of carbonyl (C=O) groups is 1. The lowest BCUT2D eigenvalue weighted by atomic mass is 10.0. The number of H-pyrrole nitrogens is 1. The summed E-state index contributed by atoms with van der Waals surface area (Å²) in [5.41, 5.74) is 2.58. The Bertz CT molecular complexity index is 803. The van der Waals surface area contributed by atoms with Crippen LogP contribution in [0, 0.1) is 0 Å². The molecule has 0 aliphatic heterocycles. The zero-order chi connectivity index (χ0) is 15.5. The molecule has 0 saturated carbocycles. The molecule has 0 spiro atoms. The number of aromatic nitrogens is 1. The number of benzene rings is 2. The predicted octanol–water partition coefficient (Wildman–Crippen LogP) is 3.61. The van der Waals surface area contributed by atoms with Gasteiger partial charge in [0.2, 0.25) is 0 Å². The first kappa shape index (κ1) is 14.2. The van der Waals surface area contributed by atoms with Crippen molar-refractivity contribution in [1.29, 1.82) is 0 Å². The molecule has 0 aliphatic carbocycles. The minimum absolute atomic E-state index is 0.0738. The lowest BCUT2D eigenvalue weighted by Gasteiger charge is -2.04. The van der Waals surface area contributed by atoms with Crippen LogP contribution in [0.4, 0.5) is 0 Å². The summed E-state index contributed by atoms with van der Waals surface area (Å²) in [5.74, 6) is 1.60. The Balaban J connectivity index is 1.87. The first-order valence-corrected chi connectivity index (χ1v) is 7.02. The van der Waals surface area contributed by atoms with Crippen LogP contribution >= 0.6 is 0 Å². The van der Waals surface area contributed by atoms with Gasteiger partial charge in [0.25, 0.3) is 0 Å². The van der Waals surface area contributed by atoms with E-state index in [1.807, 2.05) is 42.5 Å². The topological polar surface area (TPSA) is 51.3 Å². The van der Waals surface area contributed by atoms with Crippen molar-refractivity contribution in [3.05, 3.63) is 59.8 Å². The lowest BCUT2D eigenvalue weighted by Crippen LogP contribution is -2.02. The largest absolute Gasteiger partial charge is 0.497 e. The molecule has 0 unspecified atom stereocenters. The van der Waals surface area contributed by atoms with Gasteiger partial charge in [-0.2, -0.15) is 0 Å². The Morgan fingerprint density at radius 3 is 2.36 bits per heavy atom. The fraction of sp³-hybridized carbons (Fsp3) is 0.167. The van der Waals surface area contributed by atoms with Crippen molar-refractivity contribution in [1.82, 2.24) is 4.98 Å². The molecule has 3 rings (SSSR count). The average Bonchev–Trinajstić information content (AvgIpc) is 2.98. The summed E-state index contributed by atoms with van der Waals surface area (Å²) in [6, 6.07) is 13.2. The summed E-state index contributed by atoms with van der Waals surface area (Å²) in [4.78, 5) is 15.7. The van der Waals surface area contributed by atoms with Gasteiger partial charge in [-0.15, -0.1) is 0 Å². The van der Waals surface area contributed by atoms with E-state index in [1.165, 1.54) is 0 Å². The van der Waals surface area contributed by atoms with Crippen LogP contribution in [0.15, 0.2) is 48.7 Å². The molecular weight excluding hydrogens is 278 g/mol. The van der Waals surface area contributed by atoms with E-state index in [2.05, 4.69) is 4.98 Å². The summed E-state index contributed by atoms with van der Waals surface area (Å²) in [6.07, 6.45) is 2.12. The minimum Gasteiger partial charge on any atom is -0.497 e. The second-order valence-electron chi connectivity index (χ2n) is 5.06. The number of hydrogen-bond donors (Lipinski definition) is 1. The van der Waals surface area contributed by atoms with Gasteiger partial charge in [-0.1, -0.05) is 12.1 Å². The van der Waals surface area contributed by atoms with Crippen molar-refractivity contribution in [3.63, 3.8) is 0 Å². The van der Waals surface area contributed by atoms with E-state index in [1.54, 1.807) is 20.4 Å². The Hall–Kier alpha value is -2.75. The number of aromatic amines is 1. The molecule has 1 heterocycles. The molecule has 0 amide bonds. The zero-order valence-electron chi connectivity index (χ0n) is 12.6. The average molecular weight is 295 g/mol. The zero-order valence-corrected chi connectivity index (χ0v) is 12.6. The molecule has 0 radical (unpaired) electrons. The van der Waals surface area contributed by atoms with Gasteiger partial charge >= 0.3 is 0 Å². The van der Waals surface area contributed by atoms with E-state index < -0.39 is 0 Å². The first-order chi connectivity index (χ1) is 10.7. The Morgan fingerprint density at radius 1 is 1.00 bits per heavy atom. The highest BCUT2D eigenvalue weighted by Crippen LogP contribution is 2.25. The van der Waals surface area contributed by atoms with Crippen LogP contribution in [0.2, 0.25) is 0 Å². The lowest BCUT2D eigenvalue weighted by molar-refractivity contribution is 0.0994. The van der Waals surface area contributed by atoms with Crippen molar-refractivity contribution in [2.45, 2.75) is 6.42 Å². The standard InChI is InChI=1S/C18H17NO3/c1-21-13-5-3-12(4-6-13)9-18(20)16-11-19-17-8-7-14(22-2)10-15(16)17/h3-8,10-11,19H,9H2,1-2H3. The van der Waals surface area contributed by atoms with E-state index in [0.717, 1.165) is 28.0 Å². The predicted molar refractivity (Wildman–Crippen MR) is 85.9 cm³/mol. The normalized spacial score (nSPS) is 10.6. The van der Waals surface area contributed by atoms with Crippen LogP contribution in [0.3, 0.4) is 0 Å². The van der Waals surface area contributed by atoms with E-state index >= 15 is 0 Å². The molecule has 0 atom stereocenters. The van der Waals surface area contributed by atoms with Crippen LogP contribution in [-0.4, -0.2) is 25.0 Å². The van der Waals surface area contributed by atoms with Crippen molar-refractivity contribution >= 4 is 16.7 Å². The molecule has 3 aromatic rings. The Kier molecular flexibility index (Phi) is 3.83. The number of fused-ring (bicyclic) bond motifs is 1. The van der Waals surface area contributed by atoms with E-state index in [9.17, 15) is 4.79 Å². The van der Waals surface area contributed by atoms with Gasteiger partial charge in [-0.25, -0.2) is 0 Å². The van der Waals surface area contributed by atoms with E-state index in [0.29, 0.717) is 12.0 Å². The van der Waals surface area contributed by atoms with Gasteiger partial charge in [0.1, 0.15) is 11.5 Å². The van der Waals surface area contributed by atoms with Crippen LogP contribution in [0.1, 0.15) is 15.9 Å². The monoisotopic (exact) mass is 295 g/mol. The number of hydrogen-bond acceptors (Lipinski definition) is 3. The van der Waals surface area contributed by atoms with Gasteiger partial charge < -0.3 is 14.5 Å². The second-order valence-corrected chi connectivity index (χ2v) is 5.06. The number of nitrogens with one attached hydrogen (secondary N) is 1. The van der Waals surface area contributed by atoms with Crippen LogP contribution in [0.5, 0.6) is 11.5 Å². The molecule has 1 N–H and O–H groups in total. The van der Waals surface area contributed by atoms with E-state index in [4.69, 9.17) is 9.47 Å². The third kappa shape index (κ3) is 2.68. The molecule has 1 aromatic heterocycles. The summed E-state index contributed by atoms with van der Waals surface area (Å²) in [7, 11) is 3.24. The third-order valence-electron chi connectivity index (χ3n) is 3.71. The molecule has 2 aromatic carbocycles. The van der Waals surface area contributed by atoms with Crippen LogP contribution in [0.25, 0.3) is 10.9 Å². The van der Waals surface area contributed by atoms with Crippen molar-refractivity contribution < 1.29 is 14.3 Å². The smallest absolute Gasteiger partial charge is 0.169 e. The number of Topliss-reactive ketones (excluding diaryl/α,β-unsaturated/α-hetero) is 1. The Labute approximate surface area is 128 Å². The molecule has 4 heteroatoms. The molecule has 0 fully saturated rings. The summed E-state index contributed by atoms with van der Waals surface area (Å²) in [6.45, 7) is 0. The molecule has 22 heavy (non-hydrogen) atoms. The number of ketones is 1. The summed E-state index contributed by atoms with van der Waals surface area (Å²) in [5, 5.41) is 0.887. The quantitative estimate of drug-likeness (QED) is 0.732. The fourth-order valence-electron chi connectivity index (χ4n) is 2.48. The van der Waals surface area contributed by atoms with Crippen molar-refractivity contribution in [3.8, 4) is 11.5 Å². The van der Waals surface area contributed by atoms with Gasteiger partial charge in [-0.05, 0) is 35.9 Å². The highest BCUT2D eigenvalue weighted by atomic mass is 16.5. The molecule has 0 bridgehead atoms.